The first-order valence-electron chi connectivity index (χ1n) is 7.87. The number of hydrogen-bond acceptors (Lipinski definition) is 3. The number of amides is 1. The summed E-state index contributed by atoms with van der Waals surface area (Å²) in [6.45, 7) is 0.777. The number of nitrogens with one attached hydrogen (secondary N) is 1. The highest BCUT2D eigenvalue weighted by Crippen LogP contribution is 2.27. The molecule has 114 valence electrons. The molecule has 2 fully saturated rings. The normalized spacial score (nSPS) is 25.9. The maximum Gasteiger partial charge on any atom is 0.223 e. The fourth-order valence-electron chi connectivity index (χ4n) is 3.30. The molecule has 0 bridgehead atoms. The highest BCUT2D eigenvalue weighted by molar-refractivity contribution is 7.80. The Morgan fingerprint density at radius 1 is 1.20 bits per heavy atom. The van der Waals surface area contributed by atoms with E-state index in [0.29, 0.717) is 17.3 Å². The predicted molar refractivity (Wildman–Crippen MR) is 83.5 cm³/mol. The van der Waals surface area contributed by atoms with Gasteiger partial charge in [-0.15, -0.1) is 0 Å². The van der Waals surface area contributed by atoms with E-state index in [2.05, 4.69) is 5.32 Å². The minimum atomic E-state index is -0.138. The highest BCUT2D eigenvalue weighted by Gasteiger charge is 2.28. The van der Waals surface area contributed by atoms with E-state index in [9.17, 15) is 4.79 Å². The minimum absolute atomic E-state index is 0.0280. The summed E-state index contributed by atoms with van der Waals surface area (Å²) < 4.78 is 5.61. The summed E-state index contributed by atoms with van der Waals surface area (Å²) in [7, 11) is 0. The third kappa shape index (κ3) is 4.70. The molecule has 1 saturated carbocycles. The van der Waals surface area contributed by atoms with Crippen LogP contribution >= 0.6 is 12.2 Å². The molecule has 0 aromatic heterocycles. The van der Waals surface area contributed by atoms with Gasteiger partial charge in [0.15, 0.2) is 0 Å². The molecule has 1 heterocycles. The number of ether oxygens (including phenoxy) is 1. The van der Waals surface area contributed by atoms with Crippen molar-refractivity contribution in [3.63, 3.8) is 0 Å². The van der Waals surface area contributed by atoms with Crippen LogP contribution in [0.5, 0.6) is 0 Å². The Hall–Kier alpha value is -0.680. The number of thiocarbonyl (C=S) groups is 1. The number of carbonyl (C=O) groups excluding carboxylic acids is 1. The number of hydrogen-bond donors (Lipinski definition) is 2. The molecule has 1 saturated heterocycles. The largest absolute Gasteiger partial charge is 0.392 e. The molecule has 5 heteroatoms. The Labute approximate surface area is 126 Å². The lowest BCUT2D eigenvalue weighted by atomic mass is 9.83. The molecule has 2 aliphatic rings. The number of nitrogens with two attached hydrogens (primary N) is 1. The third-order valence-corrected chi connectivity index (χ3v) is 4.69. The first-order valence-corrected chi connectivity index (χ1v) is 8.28. The van der Waals surface area contributed by atoms with Gasteiger partial charge in [0.1, 0.15) is 0 Å². The van der Waals surface area contributed by atoms with Crippen molar-refractivity contribution in [1.82, 2.24) is 5.32 Å². The molecule has 0 radical (unpaired) electrons. The van der Waals surface area contributed by atoms with Crippen molar-refractivity contribution in [3.05, 3.63) is 0 Å². The van der Waals surface area contributed by atoms with E-state index < -0.39 is 0 Å². The Bertz CT molecular complexity index is 337. The lowest BCUT2D eigenvalue weighted by molar-refractivity contribution is -0.125. The topological polar surface area (TPSA) is 64.3 Å². The van der Waals surface area contributed by atoms with Crippen molar-refractivity contribution in [2.75, 3.05) is 6.61 Å². The van der Waals surface area contributed by atoms with Crippen LogP contribution in [0, 0.1) is 5.92 Å². The van der Waals surface area contributed by atoms with E-state index >= 15 is 0 Å². The molecule has 20 heavy (non-hydrogen) atoms. The third-order valence-electron chi connectivity index (χ3n) is 4.43. The Balaban J connectivity index is 1.83. The molecule has 2 atom stereocenters. The molecular weight excluding hydrogens is 272 g/mol. The van der Waals surface area contributed by atoms with Crippen molar-refractivity contribution in [2.24, 2.45) is 11.7 Å². The van der Waals surface area contributed by atoms with Gasteiger partial charge in [-0.2, -0.15) is 0 Å². The van der Waals surface area contributed by atoms with Gasteiger partial charge >= 0.3 is 0 Å². The summed E-state index contributed by atoms with van der Waals surface area (Å²) >= 11 is 5.15. The SMILES string of the molecule is NC(=S)C(NC(=O)CC1CCCCO1)C1CCCCC1. The van der Waals surface area contributed by atoms with Crippen LogP contribution in [0.4, 0.5) is 0 Å². The predicted octanol–water partition coefficient (Wildman–Crippen LogP) is 2.30. The summed E-state index contributed by atoms with van der Waals surface area (Å²) in [5.41, 5.74) is 5.83. The Morgan fingerprint density at radius 3 is 2.50 bits per heavy atom. The van der Waals surface area contributed by atoms with Gasteiger partial charge in [-0.05, 0) is 38.0 Å². The van der Waals surface area contributed by atoms with Gasteiger partial charge in [0.25, 0.3) is 0 Å². The van der Waals surface area contributed by atoms with Gasteiger partial charge in [0, 0.05) is 6.61 Å². The van der Waals surface area contributed by atoms with Crippen LogP contribution < -0.4 is 11.1 Å². The molecule has 1 aliphatic carbocycles. The molecule has 1 aliphatic heterocycles. The lowest BCUT2D eigenvalue weighted by Crippen LogP contribution is -2.49. The van der Waals surface area contributed by atoms with E-state index in [1.807, 2.05) is 0 Å². The summed E-state index contributed by atoms with van der Waals surface area (Å²) in [5.74, 6) is 0.442. The molecule has 2 unspecified atom stereocenters. The molecule has 0 spiro atoms. The first-order chi connectivity index (χ1) is 9.66. The molecule has 1 amide bonds. The molecule has 0 aromatic carbocycles. The monoisotopic (exact) mass is 298 g/mol. The molecule has 4 nitrogen and oxygen atoms in total. The maximum absolute atomic E-state index is 12.2. The van der Waals surface area contributed by atoms with Gasteiger partial charge in [0.05, 0.1) is 23.6 Å². The van der Waals surface area contributed by atoms with Crippen molar-refractivity contribution >= 4 is 23.1 Å². The average Bonchev–Trinajstić information content (AvgIpc) is 2.46. The van der Waals surface area contributed by atoms with Gasteiger partial charge in [-0.25, -0.2) is 0 Å². The first kappa shape index (κ1) is 15.7. The van der Waals surface area contributed by atoms with E-state index in [1.54, 1.807) is 0 Å². The van der Waals surface area contributed by atoms with E-state index in [-0.39, 0.29) is 18.1 Å². The van der Waals surface area contributed by atoms with Crippen LogP contribution in [-0.4, -0.2) is 29.6 Å². The van der Waals surface area contributed by atoms with Crippen LogP contribution in [0.2, 0.25) is 0 Å². The zero-order chi connectivity index (χ0) is 14.4. The van der Waals surface area contributed by atoms with Crippen LogP contribution in [0.1, 0.15) is 57.8 Å². The fourth-order valence-corrected chi connectivity index (χ4v) is 3.55. The molecule has 2 rings (SSSR count). The zero-order valence-electron chi connectivity index (χ0n) is 12.1. The van der Waals surface area contributed by atoms with Gasteiger partial charge < -0.3 is 15.8 Å². The summed E-state index contributed by atoms with van der Waals surface area (Å²) in [4.78, 5) is 12.6. The Kier molecular flexibility index (Phi) is 6.23. The quantitative estimate of drug-likeness (QED) is 0.764. The van der Waals surface area contributed by atoms with Crippen LogP contribution in [0.15, 0.2) is 0 Å². The maximum atomic E-state index is 12.2. The van der Waals surface area contributed by atoms with Gasteiger partial charge in [-0.3, -0.25) is 4.79 Å². The molecular formula is C15H26N2O2S. The molecule has 0 aromatic rings. The van der Waals surface area contributed by atoms with Gasteiger partial charge in [-0.1, -0.05) is 31.5 Å². The average molecular weight is 298 g/mol. The van der Waals surface area contributed by atoms with E-state index in [4.69, 9.17) is 22.7 Å². The second-order valence-electron chi connectivity index (χ2n) is 6.04. The summed E-state index contributed by atoms with van der Waals surface area (Å²) in [5, 5.41) is 3.05. The van der Waals surface area contributed by atoms with Crippen molar-refractivity contribution < 1.29 is 9.53 Å². The van der Waals surface area contributed by atoms with Crippen molar-refractivity contribution in [3.8, 4) is 0 Å². The second-order valence-corrected chi connectivity index (χ2v) is 6.51. The van der Waals surface area contributed by atoms with E-state index in [1.165, 1.54) is 19.3 Å². The lowest BCUT2D eigenvalue weighted by Gasteiger charge is -2.31. The summed E-state index contributed by atoms with van der Waals surface area (Å²) in [6, 6.07) is -0.138. The highest BCUT2D eigenvalue weighted by atomic mass is 32.1. The van der Waals surface area contributed by atoms with Gasteiger partial charge in [0.2, 0.25) is 5.91 Å². The van der Waals surface area contributed by atoms with Crippen LogP contribution in [0.25, 0.3) is 0 Å². The van der Waals surface area contributed by atoms with Crippen molar-refractivity contribution in [1.29, 1.82) is 0 Å². The Morgan fingerprint density at radius 2 is 1.90 bits per heavy atom. The fraction of sp³-hybridized carbons (Fsp3) is 0.867. The summed E-state index contributed by atoms with van der Waals surface area (Å²) in [6.07, 6.45) is 9.68. The minimum Gasteiger partial charge on any atom is -0.392 e. The zero-order valence-corrected chi connectivity index (χ0v) is 12.9. The smallest absolute Gasteiger partial charge is 0.223 e. The van der Waals surface area contributed by atoms with Crippen molar-refractivity contribution in [2.45, 2.75) is 69.9 Å². The molecule has 3 N–H and O–H groups in total. The van der Waals surface area contributed by atoms with E-state index in [0.717, 1.165) is 38.7 Å². The van der Waals surface area contributed by atoms with Crippen LogP contribution in [-0.2, 0) is 9.53 Å². The second kappa shape index (κ2) is 7.93. The van der Waals surface area contributed by atoms with Crippen LogP contribution in [0.3, 0.4) is 0 Å². The standard InChI is InChI=1S/C15H26N2O2S/c16-15(20)14(11-6-2-1-3-7-11)17-13(18)10-12-8-4-5-9-19-12/h11-12,14H,1-10H2,(H2,16,20)(H,17,18). The number of rotatable bonds is 5. The number of carbonyl (C=O) groups is 1.